The SMILES string of the molecule is Cc1c(NC(=O)c2ccc3c(c2)CCN(C(=O)OC(C)(C)C)C3)ncn1Cc1cccc(C(F)(F)F)c1. The molecule has 0 bridgehead atoms. The highest BCUT2D eigenvalue weighted by atomic mass is 19.4. The summed E-state index contributed by atoms with van der Waals surface area (Å²) in [5.74, 6) is -0.00409. The molecular formula is C27H29F3N4O3. The van der Waals surface area contributed by atoms with E-state index in [2.05, 4.69) is 10.3 Å². The highest BCUT2D eigenvalue weighted by Crippen LogP contribution is 2.30. The fraction of sp³-hybridized carbons (Fsp3) is 0.370. The molecule has 196 valence electrons. The number of halogens is 3. The maximum atomic E-state index is 13.0. The molecule has 2 aromatic carbocycles. The van der Waals surface area contributed by atoms with Gasteiger partial charge in [-0.2, -0.15) is 13.2 Å². The molecule has 3 aromatic rings. The van der Waals surface area contributed by atoms with E-state index >= 15 is 0 Å². The zero-order valence-electron chi connectivity index (χ0n) is 21.1. The van der Waals surface area contributed by atoms with Crippen LogP contribution in [-0.2, 0) is 30.4 Å². The molecule has 2 amide bonds. The summed E-state index contributed by atoms with van der Waals surface area (Å²) in [6, 6.07) is 10.5. The Kier molecular flexibility index (Phi) is 7.03. The van der Waals surface area contributed by atoms with Crippen LogP contribution in [0.4, 0.5) is 23.8 Å². The lowest BCUT2D eigenvalue weighted by atomic mass is 9.97. The number of carbonyl (C=O) groups is 2. The average molecular weight is 515 g/mol. The molecule has 2 heterocycles. The largest absolute Gasteiger partial charge is 0.444 e. The van der Waals surface area contributed by atoms with Gasteiger partial charge in [0.1, 0.15) is 5.60 Å². The van der Waals surface area contributed by atoms with E-state index in [1.807, 2.05) is 32.9 Å². The number of alkyl halides is 3. The van der Waals surface area contributed by atoms with E-state index in [1.165, 1.54) is 12.4 Å². The summed E-state index contributed by atoms with van der Waals surface area (Å²) < 4.78 is 46.2. The summed E-state index contributed by atoms with van der Waals surface area (Å²) >= 11 is 0. The summed E-state index contributed by atoms with van der Waals surface area (Å²) in [7, 11) is 0. The van der Waals surface area contributed by atoms with Crippen molar-refractivity contribution in [1.82, 2.24) is 14.5 Å². The summed E-state index contributed by atoms with van der Waals surface area (Å²) in [5.41, 5.74) is 2.21. The molecule has 0 aliphatic carbocycles. The Hall–Kier alpha value is -3.82. The second-order valence-electron chi connectivity index (χ2n) is 10.1. The highest BCUT2D eigenvalue weighted by Gasteiger charge is 2.30. The van der Waals surface area contributed by atoms with E-state index < -0.39 is 17.3 Å². The number of hydrogen-bond acceptors (Lipinski definition) is 4. The van der Waals surface area contributed by atoms with Gasteiger partial charge in [-0.3, -0.25) is 4.79 Å². The van der Waals surface area contributed by atoms with E-state index in [-0.39, 0.29) is 18.5 Å². The van der Waals surface area contributed by atoms with Gasteiger partial charge in [0, 0.05) is 25.2 Å². The summed E-state index contributed by atoms with van der Waals surface area (Å²) in [6.07, 6.45) is -2.69. The number of amides is 2. The standard InChI is InChI=1S/C27H29F3N4O3/c1-17-23(31-16-34(17)14-18-6-5-7-22(12-18)27(28,29)30)32-24(35)20-8-9-21-15-33(11-10-19(21)13-20)25(36)37-26(2,3)4/h5-9,12-13,16H,10-11,14-15H2,1-4H3,(H,32,35). The van der Waals surface area contributed by atoms with Gasteiger partial charge in [0.25, 0.3) is 5.91 Å². The molecule has 1 aromatic heterocycles. The zero-order chi connectivity index (χ0) is 27.0. The van der Waals surface area contributed by atoms with Crippen LogP contribution in [0, 0.1) is 6.92 Å². The van der Waals surface area contributed by atoms with Crippen LogP contribution in [0.5, 0.6) is 0 Å². The fourth-order valence-electron chi connectivity index (χ4n) is 4.12. The Morgan fingerprint density at radius 1 is 1.08 bits per heavy atom. The van der Waals surface area contributed by atoms with Crippen molar-refractivity contribution in [1.29, 1.82) is 0 Å². The lowest BCUT2D eigenvalue weighted by Crippen LogP contribution is -2.39. The molecule has 0 saturated carbocycles. The molecule has 0 spiro atoms. The van der Waals surface area contributed by atoms with E-state index in [0.717, 1.165) is 23.3 Å². The molecule has 1 aliphatic rings. The lowest BCUT2D eigenvalue weighted by Gasteiger charge is -2.31. The van der Waals surface area contributed by atoms with Crippen molar-refractivity contribution in [2.24, 2.45) is 0 Å². The van der Waals surface area contributed by atoms with Gasteiger partial charge in [-0.1, -0.05) is 18.2 Å². The quantitative estimate of drug-likeness (QED) is 0.477. The Bertz CT molecular complexity index is 1330. The Morgan fingerprint density at radius 3 is 2.54 bits per heavy atom. The highest BCUT2D eigenvalue weighted by molar-refractivity contribution is 6.04. The fourth-order valence-corrected chi connectivity index (χ4v) is 4.12. The smallest absolute Gasteiger partial charge is 0.416 e. The molecular weight excluding hydrogens is 485 g/mol. The van der Waals surface area contributed by atoms with Crippen LogP contribution in [0.1, 0.15) is 59.1 Å². The monoisotopic (exact) mass is 514 g/mol. The van der Waals surface area contributed by atoms with Gasteiger partial charge in [0.15, 0.2) is 5.82 Å². The number of nitrogens with one attached hydrogen (secondary N) is 1. The van der Waals surface area contributed by atoms with Crippen LogP contribution >= 0.6 is 0 Å². The number of aromatic nitrogens is 2. The normalized spacial score (nSPS) is 13.8. The number of carbonyl (C=O) groups excluding carboxylic acids is 2. The van der Waals surface area contributed by atoms with Crippen molar-refractivity contribution in [3.05, 3.63) is 82.3 Å². The molecule has 0 unspecified atom stereocenters. The number of rotatable bonds is 4. The summed E-state index contributed by atoms with van der Waals surface area (Å²) in [6.45, 7) is 8.30. The van der Waals surface area contributed by atoms with Gasteiger partial charge in [-0.25, -0.2) is 9.78 Å². The zero-order valence-corrected chi connectivity index (χ0v) is 21.1. The molecule has 0 atom stereocenters. The number of imidazole rings is 1. The molecule has 4 rings (SSSR count). The number of ether oxygens (including phenoxy) is 1. The molecule has 10 heteroatoms. The van der Waals surface area contributed by atoms with Gasteiger partial charge >= 0.3 is 12.3 Å². The average Bonchev–Trinajstić information content (AvgIpc) is 3.15. The Balaban J connectivity index is 1.42. The predicted molar refractivity (Wildman–Crippen MR) is 132 cm³/mol. The minimum absolute atomic E-state index is 0.186. The number of hydrogen-bond donors (Lipinski definition) is 1. The van der Waals surface area contributed by atoms with Crippen molar-refractivity contribution in [2.45, 2.75) is 59.0 Å². The summed E-state index contributed by atoms with van der Waals surface area (Å²) in [5, 5.41) is 2.79. The Labute approximate surface area is 213 Å². The first-order valence-electron chi connectivity index (χ1n) is 11.9. The van der Waals surface area contributed by atoms with Gasteiger partial charge < -0.3 is 19.5 Å². The molecule has 1 N–H and O–H groups in total. The van der Waals surface area contributed by atoms with E-state index in [9.17, 15) is 22.8 Å². The number of fused-ring (bicyclic) bond motifs is 1. The first kappa shape index (κ1) is 26.2. The molecule has 7 nitrogen and oxygen atoms in total. The van der Waals surface area contributed by atoms with Crippen molar-refractivity contribution in [3.8, 4) is 0 Å². The minimum atomic E-state index is -4.41. The van der Waals surface area contributed by atoms with Crippen LogP contribution in [-0.4, -0.2) is 38.6 Å². The van der Waals surface area contributed by atoms with Crippen LogP contribution < -0.4 is 5.32 Å². The van der Waals surface area contributed by atoms with Crippen LogP contribution in [0.2, 0.25) is 0 Å². The van der Waals surface area contributed by atoms with Crippen LogP contribution in [0.25, 0.3) is 0 Å². The van der Waals surface area contributed by atoms with Crippen molar-refractivity contribution in [2.75, 3.05) is 11.9 Å². The third-order valence-electron chi connectivity index (χ3n) is 6.07. The van der Waals surface area contributed by atoms with Crippen molar-refractivity contribution >= 4 is 17.8 Å². The molecule has 0 fully saturated rings. The second kappa shape index (κ2) is 9.91. The molecule has 37 heavy (non-hydrogen) atoms. The van der Waals surface area contributed by atoms with Gasteiger partial charge in [-0.05, 0) is 75.1 Å². The maximum absolute atomic E-state index is 13.0. The first-order valence-corrected chi connectivity index (χ1v) is 11.9. The summed E-state index contributed by atoms with van der Waals surface area (Å²) in [4.78, 5) is 31.2. The molecule has 1 aliphatic heterocycles. The van der Waals surface area contributed by atoms with E-state index in [0.29, 0.717) is 42.1 Å². The van der Waals surface area contributed by atoms with Crippen molar-refractivity contribution < 1.29 is 27.5 Å². The topological polar surface area (TPSA) is 76.5 Å². The van der Waals surface area contributed by atoms with Gasteiger partial charge in [0.05, 0.1) is 17.6 Å². The molecule has 0 radical (unpaired) electrons. The van der Waals surface area contributed by atoms with Gasteiger partial charge in [0.2, 0.25) is 0 Å². The lowest BCUT2D eigenvalue weighted by molar-refractivity contribution is -0.137. The molecule has 0 saturated heterocycles. The number of benzene rings is 2. The van der Waals surface area contributed by atoms with E-state index in [4.69, 9.17) is 4.74 Å². The third-order valence-corrected chi connectivity index (χ3v) is 6.07. The Morgan fingerprint density at radius 2 is 1.84 bits per heavy atom. The van der Waals surface area contributed by atoms with Crippen LogP contribution in [0.15, 0.2) is 48.8 Å². The number of nitrogens with zero attached hydrogens (tertiary/aromatic N) is 3. The minimum Gasteiger partial charge on any atom is -0.444 e. The maximum Gasteiger partial charge on any atom is 0.416 e. The number of anilines is 1. The van der Waals surface area contributed by atoms with Gasteiger partial charge in [-0.15, -0.1) is 0 Å². The second-order valence-corrected chi connectivity index (χ2v) is 10.1. The van der Waals surface area contributed by atoms with Crippen LogP contribution in [0.3, 0.4) is 0 Å². The third kappa shape index (κ3) is 6.31. The first-order chi connectivity index (χ1) is 17.3. The van der Waals surface area contributed by atoms with Crippen molar-refractivity contribution in [3.63, 3.8) is 0 Å². The van der Waals surface area contributed by atoms with E-state index in [1.54, 1.807) is 28.5 Å². The predicted octanol–water partition coefficient (Wildman–Crippen LogP) is 5.80.